The highest BCUT2D eigenvalue weighted by atomic mass is 16.7. The first kappa shape index (κ1) is 24.3. The van der Waals surface area contributed by atoms with Crippen LogP contribution in [0, 0.1) is 5.92 Å². The van der Waals surface area contributed by atoms with Gasteiger partial charge in [0.2, 0.25) is 18.6 Å². The maximum Gasteiger partial charge on any atom is 0.249 e. The Kier molecular flexibility index (Phi) is 7.02. The summed E-state index contributed by atoms with van der Waals surface area (Å²) in [6.07, 6.45) is 0.830. The Balaban J connectivity index is 1.55. The van der Waals surface area contributed by atoms with Crippen molar-refractivity contribution < 1.29 is 19.1 Å². The standard InChI is InChI=1S/C28H29N5O4/c1-19(2)14-15-29-28(35)27(20-8-4-3-5-9-20)33(21-12-13-24-25(16-21)37-18-36-24)26(34)17-32-23-11-7-6-10-22(23)30-31-32/h3-13,16,19,27H,14-15,17-18H2,1-2H3,(H,29,35)/t27-/m1/s1. The topological polar surface area (TPSA) is 98.6 Å². The summed E-state index contributed by atoms with van der Waals surface area (Å²) in [5.41, 5.74) is 2.64. The van der Waals surface area contributed by atoms with E-state index in [4.69, 9.17) is 9.47 Å². The summed E-state index contributed by atoms with van der Waals surface area (Å²) in [4.78, 5) is 29.3. The predicted octanol–water partition coefficient (Wildman–Crippen LogP) is 4.10. The number of hydrogen-bond acceptors (Lipinski definition) is 6. The predicted molar refractivity (Wildman–Crippen MR) is 139 cm³/mol. The lowest BCUT2D eigenvalue weighted by molar-refractivity contribution is -0.127. The number of carbonyl (C=O) groups is 2. The van der Waals surface area contributed by atoms with E-state index in [-0.39, 0.29) is 25.2 Å². The molecule has 1 aliphatic heterocycles. The van der Waals surface area contributed by atoms with Crippen LogP contribution in [0.4, 0.5) is 5.69 Å². The molecular formula is C28H29N5O4. The number of anilines is 1. The second-order valence-corrected chi connectivity index (χ2v) is 9.32. The molecule has 0 saturated heterocycles. The van der Waals surface area contributed by atoms with Crippen molar-refractivity contribution in [2.24, 2.45) is 5.92 Å². The van der Waals surface area contributed by atoms with Crippen LogP contribution in [-0.2, 0) is 16.1 Å². The summed E-state index contributed by atoms with van der Waals surface area (Å²) < 4.78 is 12.6. The van der Waals surface area contributed by atoms with Crippen LogP contribution in [0.1, 0.15) is 31.9 Å². The number of rotatable bonds is 9. The average molecular weight is 500 g/mol. The van der Waals surface area contributed by atoms with Crippen molar-refractivity contribution in [3.63, 3.8) is 0 Å². The van der Waals surface area contributed by atoms with Gasteiger partial charge in [-0.1, -0.05) is 61.5 Å². The molecular weight excluding hydrogens is 470 g/mol. The summed E-state index contributed by atoms with van der Waals surface area (Å²) in [6, 6.07) is 21.1. The summed E-state index contributed by atoms with van der Waals surface area (Å²) in [7, 11) is 0. The van der Waals surface area contributed by atoms with Crippen LogP contribution in [0.25, 0.3) is 11.0 Å². The molecule has 2 heterocycles. The van der Waals surface area contributed by atoms with E-state index in [2.05, 4.69) is 29.5 Å². The normalized spacial score (nSPS) is 13.1. The summed E-state index contributed by atoms with van der Waals surface area (Å²) in [6.45, 7) is 4.72. The van der Waals surface area contributed by atoms with Gasteiger partial charge in [0.1, 0.15) is 18.1 Å². The molecule has 3 aromatic carbocycles. The van der Waals surface area contributed by atoms with Crippen LogP contribution in [0.5, 0.6) is 11.5 Å². The lowest BCUT2D eigenvalue weighted by atomic mass is 10.0. The molecule has 5 rings (SSSR count). The molecule has 0 saturated carbocycles. The fourth-order valence-electron chi connectivity index (χ4n) is 4.34. The minimum atomic E-state index is -0.906. The quantitative estimate of drug-likeness (QED) is 0.372. The maximum absolute atomic E-state index is 14.0. The molecule has 0 fully saturated rings. The van der Waals surface area contributed by atoms with Gasteiger partial charge in [-0.25, -0.2) is 4.68 Å². The van der Waals surface area contributed by atoms with Crippen molar-refractivity contribution >= 4 is 28.5 Å². The van der Waals surface area contributed by atoms with Crippen molar-refractivity contribution in [3.05, 3.63) is 78.4 Å². The number of amides is 2. The van der Waals surface area contributed by atoms with Gasteiger partial charge in [-0.3, -0.25) is 14.5 Å². The zero-order valence-corrected chi connectivity index (χ0v) is 20.8. The Hall–Kier alpha value is -4.40. The first-order chi connectivity index (χ1) is 18.0. The van der Waals surface area contributed by atoms with E-state index in [1.54, 1.807) is 22.9 Å². The van der Waals surface area contributed by atoms with E-state index in [0.29, 0.717) is 40.7 Å². The average Bonchev–Trinajstić information content (AvgIpc) is 3.54. The fraction of sp³-hybridized carbons (Fsp3) is 0.286. The third-order valence-electron chi connectivity index (χ3n) is 6.25. The molecule has 1 aliphatic rings. The maximum atomic E-state index is 14.0. The fourth-order valence-corrected chi connectivity index (χ4v) is 4.34. The van der Waals surface area contributed by atoms with E-state index < -0.39 is 6.04 Å². The summed E-state index contributed by atoms with van der Waals surface area (Å²) >= 11 is 0. The van der Waals surface area contributed by atoms with E-state index in [0.717, 1.165) is 11.9 Å². The van der Waals surface area contributed by atoms with Crippen LogP contribution in [-0.4, -0.2) is 40.1 Å². The van der Waals surface area contributed by atoms with Gasteiger partial charge in [-0.05, 0) is 42.2 Å². The number of fused-ring (bicyclic) bond motifs is 2. The van der Waals surface area contributed by atoms with Gasteiger partial charge in [0, 0.05) is 18.3 Å². The second-order valence-electron chi connectivity index (χ2n) is 9.32. The number of hydrogen-bond donors (Lipinski definition) is 1. The Bertz CT molecular complexity index is 1400. The lowest BCUT2D eigenvalue weighted by Gasteiger charge is -2.31. The SMILES string of the molecule is CC(C)CCNC(=O)[C@@H](c1ccccc1)N(C(=O)Cn1nnc2ccccc21)c1ccc2c(c1)OCO2. The molecule has 0 spiro atoms. The molecule has 0 radical (unpaired) electrons. The molecule has 1 aromatic heterocycles. The van der Waals surface area contributed by atoms with Gasteiger partial charge in [-0.2, -0.15) is 0 Å². The minimum absolute atomic E-state index is 0.0996. The van der Waals surface area contributed by atoms with Gasteiger partial charge in [-0.15, -0.1) is 5.10 Å². The molecule has 4 aromatic rings. The second kappa shape index (κ2) is 10.7. The third kappa shape index (κ3) is 5.25. The van der Waals surface area contributed by atoms with Gasteiger partial charge in [0.15, 0.2) is 11.5 Å². The summed E-state index contributed by atoms with van der Waals surface area (Å²) in [5.74, 6) is 0.968. The zero-order valence-electron chi connectivity index (χ0n) is 20.8. The van der Waals surface area contributed by atoms with Gasteiger partial charge >= 0.3 is 0 Å². The molecule has 0 bridgehead atoms. The molecule has 1 atom stereocenters. The smallest absolute Gasteiger partial charge is 0.249 e. The number of nitrogens with one attached hydrogen (secondary N) is 1. The van der Waals surface area contributed by atoms with Crippen molar-refractivity contribution in [2.75, 3.05) is 18.2 Å². The highest BCUT2D eigenvalue weighted by Gasteiger charge is 2.34. The van der Waals surface area contributed by atoms with Crippen LogP contribution >= 0.6 is 0 Å². The van der Waals surface area contributed by atoms with Crippen molar-refractivity contribution in [1.82, 2.24) is 20.3 Å². The molecule has 1 N–H and O–H groups in total. The van der Waals surface area contributed by atoms with Crippen LogP contribution in [0.3, 0.4) is 0 Å². The van der Waals surface area contributed by atoms with Crippen molar-refractivity contribution in [2.45, 2.75) is 32.9 Å². The van der Waals surface area contributed by atoms with E-state index in [1.165, 1.54) is 4.90 Å². The molecule has 9 nitrogen and oxygen atoms in total. The first-order valence-corrected chi connectivity index (χ1v) is 12.3. The van der Waals surface area contributed by atoms with Crippen molar-refractivity contribution in [3.8, 4) is 11.5 Å². The Morgan fingerprint density at radius 3 is 2.57 bits per heavy atom. The highest BCUT2D eigenvalue weighted by molar-refractivity contribution is 6.01. The van der Waals surface area contributed by atoms with Crippen LogP contribution in [0.2, 0.25) is 0 Å². The Labute approximate surface area is 215 Å². The number of aromatic nitrogens is 3. The highest BCUT2D eigenvalue weighted by Crippen LogP contribution is 2.38. The van der Waals surface area contributed by atoms with E-state index in [9.17, 15) is 9.59 Å². The molecule has 2 amide bonds. The summed E-state index contributed by atoms with van der Waals surface area (Å²) in [5, 5.41) is 11.4. The third-order valence-corrected chi connectivity index (χ3v) is 6.25. The monoisotopic (exact) mass is 499 g/mol. The van der Waals surface area contributed by atoms with Gasteiger partial charge in [0.25, 0.3) is 0 Å². The number of ether oxygens (including phenoxy) is 2. The molecule has 0 aliphatic carbocycles. The van der Waals surface area contributed by atoms with E-state index in [1.807, 2.05) is 54.6 Å². The number of benzene rings is 3. The first-order valence-electron chi connectivity index (χ1n) is 12.3. The Morgan fingerprint density at radius 1 is 1.00 bits per heavy atom. The largest absolute Gasteiger partial charge is 0.454 e. The molecule has 190 valence electrons. The van der Waals surface area contributed by atoms with Crippen LogP contribution in [0.15, 0.2) is 72.8 Å². The number of para-hydroxylation sites is 1. The number of carbonyl (C=O) groups excluding carboxylic acids is 2. The molecule has 37 heavy (non-hydrogen) atoms. The lowest BCUT2D eigenvalue weighted by Crippen LogP contribution is -2.45. The zero-order chi connectivity index (χ0) is 25.8. The van der Waals surface area contributed by atoms with Gasteiger partial charge < -0.3 is 14.8 Å². The molecule has 9 heteroatoms. The molecule has 0 unspecified atom stereocenters. The van der Waals surface area contributed by atoms with E-state index >= 15 is 0 Å². The van der Waals surface area contributed by atoms with Crippen LogP contribution < -0.4 is 19.7 Å². The number of nitrogens with zero attached hydrogens (tertiary/aromatic N) is 4. The van der Waals surface area contributed by atoms with Crippen molar-refractivity contribution in [1.29, 1.82) is 0 Å². The minimum Gasteiger partial charge on any atom is -0.454 e. The Morgan fingerprint density at radius 2 is 1.76 bits per heavy atom. The van der Waals surface area contributed by atoms with Gasteiger partial charge in [0.05, 0.1) is 5.52 Å².